The summed E-state index contributed by atoms with van der Waals surface area (Å²) in [6, 6.07) is 7.93. The lowest BCUT2D eigenvalue weighted by Crippen LogP contribution is -2.48. The van der Waals surface area contributed by atoms with Gasteiger partial charge in [0.2, 0.25) is 5.91 Å². The van der Waals surface area contributed by atoms with Crippen molar-refractivity contribution in [3.05, 3.63) is 35.4 Å². The third kappa shape index (κ3) is 7.48. The molecule has 1 saturated heterocycles. The van der Waals surface area contributed by atoms with E-state index in [0.29, 0.717) is 6.54 Å². The largest absolute Gasteiger partial charge is 0.383 e. The molecular formula is C17H29Cl2N3O3. The quantitative estimate of drug-likeness (QED) is 0.729. The molecule has 25 heavy (non-hydrogen) atoms. The monoisotopic (exact) mass is 393 g/mol. The highest BCUT2D eigenvalue weighted by Crippen LogP contribution is 2.21. The zero-order valence-corrected chi connectivity index (χ0v) is 16.4. The summed E-state index contributed by atoms with van der Waals surface area (Å²) in [5.74, 6) is -0.183. The number of ether oxygens (including phenoxy) is 2. The summed E-state index contributed by atoms with van der Waals surface area (Å²) in [5.41, 5.74) is 8.20. The number of carbonyl (C=O) groups is 1. The van der Waals surface area contributed by atoms with Crippen molar-refractivity contribution in [2.75, 3.05) is 46.6 Å². The molecule has 0 aromatic heterocycles. The van der Waals surface area contributed by atoms with Gasteiger partial charge in [-0.05, 0) is 12.5 Å². The molecule has 1 aromatic carbocycles. The molecule has 2 atom stereocenters. The van der Waals surface area contributed by atoms with Gasteiger partial charge in [-0.3, -0.25) is 9.69 Å². The molecule has 1 fully saturated rings. The lowest BCUT2D eigenvalue weighted by atomic mass is 10.0. The molecule has 8 heteroatoms. The molecule has 2 unspecified atom stereocenters. The molecule has 1 heterocycles. The van der Waals surface area contributed by atoms with Crippen molar-refractivity contribution >= 4 is 30.7 Å². The molecule has 0 saturated carbocycles. The Kier molecular flexibility index (Phi) is 12.0. The average Bonchev–Trinajstić information content (AvgIpc) is 2.57. The van der Waals surface area contributed by atoms with Crippen LogP contribution in [0.3, 0.4) is 0 Å². The number of halogens is 2. The number of nitrogens with one attached hydrogen (secondary N) is 1. The maximum Gasteiger partial charge on any atom is 0.239 e. The van der Waals surface area contributed by atoms with E-state index in [2.05, 4.69) is 41.4 Å². The Bertz CT molecular complexity index is 496. The Morgan fingerprint density at radius 3 is 2.44 bits per heavy atom. The number of amides is 1. The standard InChI is InChI=1S/C17H27N3O3.2ClH/c1-13-3-5-14(6-4-13)16(20-7-9-23-10-8-20)11-19-17(21)15(18)12-22-2;;/h3-6,15-16H,7-12,18H2,1-2H3,(H,19,21);2*1H. The van der Waals surface area contributed by atoms with Crippen molar-refractivity contribution in [1.29, 1.82) is 0 Å². The number of benzene rings is 1. The van der Waals surface area contributed by atoms with E-state index in [-0.39, 0.29) is 43.4 Å². The molecule has 144 valence electrons. The van der Waals surface area contributed by atoms with Gasteiger partial charge in [0, 0.05) is 26.7 Å². The second-order valence-corrected chi connectivity index (χ2v) is 5.88. The molecule has 1 aliphatic rings. The Labute approximate surface area is 162 Å². The first kappa shape index (κ1) is 24.1. The minimum atomic E-state index is -0.636. The minimum absolute atomic E-state index is 0. The fourth-order valence-electron chi connectivity index (χ4n) is 2.72. The molecule has 2 rings (SSSR count). The van der Waals surface area contributed by atoms with Crippen molar-refractivity contribution < 1.29 is 14.3 Å². The van der Waals surface area contributed by atoms with Gasteiger partial charge in [-0.25, -0.2) is 0 Å². The maximum absolute atomic E-state index is 12.0. The lowest BCUT2D eigenvalue weighted by molar-refractivity contribution is -0.123. The molecule has 1 aromatic rings. The third-order valence-corrected chi connectivity index (χ3v) is 4.10. The van der Waals surface area contributed by atoms with Crippen LogP contribution in [0.2, 0.25) is 0 Å². The maximum atomic E-state index is 12.0. The Hall–Kier alpha value is -0.890. The molecule has 0 spiro atoms. The number of nitrogens with two attached hydrogens (primary N) is 1. The molecule has 1 amide bonds. The van der Waals surface area contributed by atoms with Gasteiger partial charge in [-0.2, -0.15) is 0 Å². The van der Waals surface area contributed by atoms with Gasteiger partial charge < -0.3 is 20.5 Å². The number of nitrogens with zero attached hydrogens (tertiary/aromatic N) is 1. The fourth-order valence-corrected chi connectivity index (χ4v) is 2.72. The number of methoxy groups -OCH3 is 1. The number of hydrogen-bond acceptors (Lipinski definition) is 5. The number of morpholine rings is 1. The number of carbonyl (C=O) groups excluding carboxylic acids is 1. The van der Waals surface area contributed by atoms with Gasteiger partial charge in [-0.1, -0.05) is 29.8 Å². The highest BCUT2D eigenvalue weighted by atomic mass is 35.5. The first-order valence-electron chi connectivity index (χ1n) is 8.02. The Morgan fingerprint density at radius 1 is 1.28 bits per heavy atom. The summed E-state index contributed by atoms with van der Waals surface area (Å²) in [7, 11) is 1.54. The summed E-state index contributed by atoms with van der Waals surface area (Å²) in [5, 5.41) is 2.95. The van der Waals surface area contributed by atoms with Gasteiger partial charge in [0.15, 0.2) is 0 Å². The predicted octanol–water partition coefficient (Wildman–Crippen LogP) is 1.30. The van der Waals surface area contributed by atoms with Crippen LogP contribution in [0.4, 0.5) is 0 Å². The molecular weight excluding hydrogens is 365 g/mol. The van der Waals surface area contributed by atoms with Crippen LogP contribution in [0.1, 0.15) is 17.2 Å². The molecule has 3 N–H and O–H groups in total. The second kappa shape index (κ2) is 12.5. The highest BCUT2D eigenvalue weighted by molar-refractivity contribution is 5.85. The number of hydrogen-bond donors (Lipinski definition) is 2. The smallest absolute Gasteiger partial charge is 0.239 e. The van der Waals surface area contributed by atoms with Crippen LogP contribution in [0.5, 0.6) is 0 Å². The average molecular weight is 394 g/mol. The van der Waals surface area contributed by atoms with Crippen molar-refractivity contribution in [2.24, 2.45) is 5.73 Å². The Morgan fingerprint density at radius 2 is 1.88 bits per heavy atom. The topological polar surface area (TPSA) is 76.8 Å². The highest BCUT2D eigenvalue weighted by Gasteiger charge is 2.24. The van der Waals surface area contributed by atoms with Crippen LogP contribution in [-0.4, -0.2) is 63.4 Å². The summed E-state index contributed by atoms with van der Waals surface area (Å²) in [4.78, 5) is 14.4. The fraction of sp³-hybridized carbons (Fsp3) is 0.588. The summed E-state index contributed by atoms with van der Waals surface area (Å²) < 4.78 is 10.4. The van der Waals surface area contributed by atoms with E-state index in [1.807, 2.05) is 0 Å². The van der Waals surface area contributed by atoms with Crippen LogP contribution >= 0.6 is 24.8 Å². The zero-order chi connectivity index (χ0) is 16.7. The van der Waals surface area contributed by atoms with Gasteiger partial charge in [-0.15, -0.1) is 24.8 Å². The first-order valence-corrected chi connectivity index (χ1v) is 8.02. The molecule has 0 radical (unpaired) electrons. The van der Waals surface area contributed by atoms with E-state index >= 15 is 0 Å². The van der Waals surface area contributed by atoms with Gasteiger partial charge >= 0.3 is 0 Å². The SMILES string of the molecule is COCC(N)C(=O)NCC(c1ccc(C)cc1)N1CCOCC1.Cl.Cl. The van der Waals surface area contributed by atoms with Crippen LogP contribution < -0.4 is 11.1 Å². The van der Waals surface area contributed by atoms with Crippen molar-refractivity contribution in [1.82, 2.24) is 10.2 Å². The lowest BCUT2D eigenvalue weighted by Gasteiger charge is -2.35. The third-order valence-electron chi connectivity index (χ3n) is 4.10. The molecule has 0 aliphatic carbocycles. The van der Waals surface area contributed by atoms with Crippen molar-refractivity contribution in [3.63, 3.8) is 0 Å². The summed E-state index contributed by atoms with van der Waals surface area (Å²) in [6.45, 7) is 5.98. The summed E-state index contributed by atoms with van der Waals surface area (Å²) >= 11 is 0. The minimum Gasteiger partial charge on any atom is -0.383 e. The summed E-state index contributed by atoms with van der Waals surface area (Å²) in [6.07, 6.45) is 0. The van der Waals surface area contributed by atoms with Crippen LogP contribution in [-0.2, 0) is 14.3 Å². The van der Waals surface area contributed by atoms with E-state index in [9.17, 15) is 4.79 Å². The van der Waals surface area contributed by atoms with E-state index < -0.39 is 6.04 Å². The van der Waals surface area contributed by atoms with E-state index in [0.717, 1.165) is 26.3 Å². The van der Waals surface area contributed by atoms with Crippen molar-refractivity contribution in [2.45, 2.75) is 19.0 Å². The van der Waals surface area contributed by atoms with Crippen LogP contribution in [0.25, 0.3) is 0 Å². The van der Waals surface area contributed by atoms with E-state index in [1.54, 1.807) is 0 Å². The second-order valence-electron chi connectivity index (χ2n) is 5.88. The van der Waals surface area contributed by atoms with Crippen molar-refractivity contribution in [3.8, 4) is 0 Å². The van der Waals surface area contributed by atoms with Crippen LogP contribution in [0.15, 0.2) is 24.3 Å². The Balaban J connectivity index is 0.00000288. The predicted molar refractivity (Wildman–Crippen MR) is 104 cm³/mol. The molecule has 0 bridgehead atoms. The molecule has 1 aliphatic heterocycles. The number of aryl methyl sites for hydroxylation is 1. The zero-order valence-electron chi connectivity index (χ0n) is 14.8. The van der Waals surface area contributed by atoms with Gasteiger partial charge in [0.1, 0.15) is 6.04 Å². The van der Waals surface area contributed by atoms with Gasteiger partial charge in [0.25, 0.3) is 0 Å². The first-order chi connectivity index (χ1) is 11.1. The van der Waals surface area contributed by atoms with E-state index in [4.69, 9.17) is 15.2 Å². The normalized spacial score (nSPS) is 16.9. The van der Waals surface area contributed by atoms with Gasteiger partial charge in [0.05, 0.1) is 25.9 Å². The number of rotatable bonds is 7. The van der Waals surface area contributed by atoms with E-state index in [1.165, 1.54) is 18.2 Å². The van der Waals surface area contributed by atoms with Crippen LogP contribution in [0, 0.1) is 6.92 Å². The molecule has 6 nitrogen and oxygen atoms in total.